The van der Waals surface area contributed by atoms with Crippen LogP contribution >= 0.6 is 0 Å². The van der Waals surface area contributed by atoms with E-state index in [4.69, 9.17) is 10.5 Å². The van der Waals surface area contributed by atoms with Crippen LogP contribution in [0, 0.1) is 5.82 Å². The molecule has 0 aliphatic rings. The standard InChI is InChI=1S/C15H16FNO2S/c1-19-14-4-2-3-5-15(14)20(18)10-12-8-11(9-17)6-7-13(12)16/h2-8H,9-10,17H2,1H3. The number of nitrogens with two attached hydrogens (primary N) is 1. The fraction of sp³-hybridized carbons (Fsp3) is 0.200. The van der Waals surface area contributed by atoms with Crippen molar-refractivity contribution < 1.29 is 13.3 Å². The highest BCUT2D eigenvalue weighted by Gasteiger charge is 2.13. The molecule has 0 fully saturated rings. The maximum Gasteiger partial charge on any atom is 0.134 e. The van der Waals surface area contributed by atoms with E-state index in [-0.39, 0.29) is 11.6 Å². The number of ether oxygens (including phenoxy) is 1. The summed E-state index contributed by atoms with van der Waals surface area (Å²) in [6.45, 7) is 0.328. The summed E-state index contributed by atoms with van der Waals surface area (Å²) in [6, 6.07) is 11.7. The van der Waals surface area contributed by atoms with Gasteiger partial charge in [0.1, 0.15) is 11.6 Å². The Morgan fingerprint density at radius 2 is 2.00 bits per heavy atom. The Morgan fingerprint density at radius 3 is 2.70 bits per heavy atom. The molecule has 5 heteroatoms. The molecule has 0 aromatic heterocycles. The zero-order valence-corrected chi connectivity index (χ0v) is 12.0. The molecule has 0 amide bonds. The van der Waals surface area contributed by atoms with Crippen molar-refractivity contribution in [2.24, 2.45) is 5.73 Å². The summed E-state index contributed by atoms with van der Waals surface area (Å²) < 4.78 is 31.3. The van der Waals surface area contributed by atoms with E-state index in [9.17, 15) is 8.60 Å². The number of methoxy groups -OCH3 is 1. The van der Waals surface area contributed by atoms with E-state index in [2.05, 4.69) is 0 Å². The first-order valence-corrected chi connectivity index (χ1v) is 7.46. The molecule has 0 aliphatic carbocycles. The van der Waals surface area contributed by atoms with Crippen molar-refractivity contribution in [3.8, 4) is 5.75 Å². The van der Waals surface area contributed by atoms with Gasteiger partial charge in [-0.2, -0.15) is 0 Å². The molecule has 2 aromatic rings. The van der Waals surface area contributed by atoms with Gasteiger partial charge in [0.2, 0.25) is 0 Å². The number of hydrogen-bond acceptors (Lipinski definition) is 3. The van der Waals surface area contributed by atoms with E-state index in [0.29, 0.717) is 22.8 Å². The van der Waals surface area contributed by atoms with Crippen molar-refractivity contribution in [1.82, 2.24) is 0 Å². The van der Waals surface area contributed by atoms with Crippen LogP contribution in [-0.4, -0.2) is 11.3 Å². The van der Waals surface area contributed by atoms with Crippen molar-refractivity contribution in [2.75, 3.05) is 7.11 Å². The third-order valence-corrected chi connectivity index (χ3v) is 4.35. The first-order valence-electron chi connectivity index (χ1n) is 6.14. The summed E-state index contributed by atoms with van der Waals surface area (Å²) in [5.41, 5.74) is 6.76. The Labute approximate surface area is 120 Å². The van der Waals surface area contributed by atoms with Crippen LogP contribution in [0.15, 0.2) is 47.4 Å². The molecule has 3 nitrogen and oxygen atoms in total. The van der Waals surface area contributed by atoms with Gasteiger partial charge >= 0.3 is 0 Å². The number of benzene rings is 2. The van der Waals surface area contributed by atoms with Crippen LogP contribution in [0.5, 0.6) is 5.75 Å². The molecule has 0 bridgehead atoms. The summed E-state index contributed by atoms with van der Waals surface area (Å²) in [7, 11) is 0.147. The first-order chi connectivity index (χ1) is 9.65. The Kier molecular flexibility index (Phi) is 4.87. The third kappa shape index (κ3) is 3.23. The maximum absolute atomic E-state index is 13.8. The molecular formula is C15H16FNO2S. The minimum Gasteiger partial charge on any atom is -0.495 e. The molecule has 106 valence electrons. The summed E-state index contributed by atoms with van der Waals surface area (Å²) in [4.78, 5) is 0.563. The average molecular weight is 293 g/mol. The second-order valence-corrected chi connectivity index (χ2v) is 5.69. The van der Waals surface area contributed by atoms with Gasteiger partial charge < -0.3 is 10.5 Å². The largest absolute Gasteiger partial charge is 0.495 e. The average Bonchev–Trinajstić information content (AvgIpc) is 2.49. The van der Waals surface area contributed by atoms with Gasteiger partial charge in [-0.05, 0) is 23.8 Å². The maximum atomic E-state index is 13.8. The van der Waals surface area contributed by atoms with Crippen molar-refractivity contribution in [2.45, 2.75) is 17.2 Å². The zero-order chi connectivity index (χ0) is 14.5. The second-order valence-electron chi connectivity index (χ2n) is 4.27. The molecule has 2 rings (SSSR count). The van der Waals surface area contributed by atoms with Crippen LogP contribution in [-0.2, 0) is 23.1 Å². The SMILES string of the molecule is COc1ccccc1S(=O)Cc1cc(CN)ccc1F. The molecule has 2 N–H and O–H groups in total. The van der Waals surface area contributed by atoms with Gasteiger partial charge in [0, 0.05) is 12.1 Å². The molecule has 2 aromatic carbocycles. The van der Waals surface area contributed by atoms with E-state index in [1.165, 1.54) is 13.2 Å². The number of halogens is 1. The number of hydrogen-bond donors (Lipinski definition) is 1. The van der Waals surface area contributed by atoms with Gasteiger partial charge in [0.15, 0.2) is 0 Å². The van der Waals surface area contributed by atoms with Crippen LogP contribution in [0.4, 0.5) is 4.39 Å². The molecular weight excluding hydrogens is 277 g/mol. The van der Waals surface area contributed by atoms with Crippen LogP contribution in [0.2, 0.25) is 0 Å². The lowest BCUT2D eigenvalue weighted by atomic mass is 10.1. The smallest absolute Gasteiger partial charge is 0.134 e. The lowest BCUT2D eigenvalue weighted by Crippen LogP contribution is -2.03. The van der Waals surface area contributed by atoms with Crippen LogP contribution in [0.25, 0.3) is 0 Å². The highest BCUT2D eigenvalue weighted by molar-refractivity contribution is 7.84. The number of para-hydroxylation sites is 1. The summed E-state index contributed by atoms with van der Waals surface area (Å²) in [5, 5.41) is 0. The predicted octanol–water partition coefficient (Wildman–Crippen LogP) is 2.60. The zero-order valence-electron chi connectivity index (χ0n) is 11.1. The molecule has 0 saturated carbocycles. The molecule has 0 radical (unpaired) electrons. The van der Waals surface area contributed by atoms with Gasteiger partial charge in [0.05, 0.1) is 28.6 Å². The minimum absolute atomic E-state index is 0.0973. The monoisotopic (exact) mass is 293 g/mol. The predicted molar refractivity (Wildman–Crippen MR) is 77.4 cm³/mol. The highest BCUT2D eigenvalue weighted by Crippen LogP contribution is 2.24. The lowest BCUT2D eigenvalue weighted by Gasteiger charge is -2.09. The molecule has 20 heavy (non-hydrogen) atoms. The molecule has 0 aliphatic heterocycles. The van der Waals surface area contributed by atoms with Crippen molar-refractivity contribution in [3.05, 3.63) is 59.4 Å². The Bertz CT molecular complexity index is 631. The summed E-state index contributed by atoms with van der Waals surface area (Å²) in [5.74, 6) is 0.270. The topological polar surface area (TPSA) is 52.3 Å². The molecule has 0 spiro atoms. The van der Waals surface area contributed by atoms with Gasteiger partial charge in [-0.25, -0.2) is 4.39 Å². The van der Waals surface area contributed by atoms with Crippen LogP contribution in [0.1, 0.15) is 11.1 Å². The van der Waals surface area contributed by atoms with Gasteiger partial charge in [-0.1, -0.05) is 24.3 Å². The van der Waals surface area contributed by atoms with E-state index in [0.717, 1.165) is 5.56 Å². The van der Waals surface area contributed by atoms with E-state index >= 15 is 0 Å². The van der Waals surface area contributed by atoms with Crippen LogP contribution in [0.3, 0.4) is 0 Å². The van der Waals surface area contributed by atoms with E-state index < -0.39 is 10.8 Å². The Hall–Kier alpha value is -1.72. The van der Waals surface area contributed by atoms with Crippen molar-refractivity contribution in [3.63, 3.8) is 0 Å². The Balaban J connectivity index is 2.27. The normalized spacial score (nSPS) is 12.2. The van der Waals surface area contributed by atoms with E-state index in [1.54, 1.807) is 36.4 Å². The van der Waals surface area contributed by atoms with Crippen LogP contribution < -0.4 is 10.5 Å². The lowest BCUT2D eigenvalue weighted by molar-refractivity contribution is 0.404. The second kappa shape index (κ2) is 6.63. The minimum atomic E-state index is -1.37. The fourth-order valence-electron chi connectivity index (χ4n) is 1.89. The Morgan fingerprint density at radius 1 is 1.25 bits per heavy atom. The summed E-state index contributed by atoms with van der Waals surface area (Å²) >= 11 is 0. The molecule has 1 atom stereocenters. The number of rotatable bonds is 5. The molecule has 0 heterocycles. The summed E-state index contributed by atoms with van der Waals surface area (Å²) in [6.07, 6.45) is 0. The fourth-order valence-corrected chi connectivity index (χ4v) is 3.16. The van der Waals surface area contributed by atoms with Crippen molar-refractivity contribution >= 4 is 10.8 Å². The van der Waals surface area contributed by atoms with E-state index in [1.807, 2.05) is 0 Å². The van der Waals surface area contributed by atoms with Gasteiger partial charge in [-0.3, -0.25) is 4.21 Å². The third-order valence-electron chi connectivity index (χ3n) is 2.95. The van der Waals surface area contributed by atoms with Gasteiger partial charge in [0.25, 0.3) is 0 Å². The molecule has 1 unspecified atom stereocenters. The first kappa shape index (κ1) is 14.7. The van der Waals surface area contributed by atoms with Gasteiger partial charge in [-0.15, -0.1) is 0 Å². The highest BCUT2D eigenvalue weighted by atomic mass is 32.2. The van der Waals surface area contributed by atoms with Crippen molar-refractivity contribution in [1.29, 1.82) is 0 Å². The quantitative estimate of drug-likeness (QED) is 0.922. The molecule has 0 saturated heterocycles.